The second kappa shape index (κ2) is 12.3. The highest BCUT2D eigenvalue weighted by molar-refractivity contribution is 5.95. The summed E-state index contributed by atoms with van der Waals surface area (Å²) < 4.78 is 23.0. The molecule has 2 aromatic rings. The van der Waals surface area contributed by atoms with Gasteiger partial charge in [0, 0.05) is 44.5 Å². The molecule has 1 N–H and O–H groups in total. The van der Waals surface area contributed by atoms with Crippen LogP contribution in [0.5, 0.6) is 17.2 Å². The average Bonchev–Trinajstić information content (AvgIpc) is 3.26. The quantitative estimate of drug-likeness (QED) is 0.508. The van der Waals surface area contributed by atoms with Crippen LogP contribution in [0.1, 0.15) is 48.3 Å². The van der Waals surface area contributed by atoms with Gasteiger partial charge >= 0.3 is 0 Å². The van der Waals surface area contributed by atoms with Gasteiger partial charge in [-0.2, -0.15) is 0 Å². The van der Waals surface area contributed by atoms with Crippen molar-refractivity contribution in [3.05, 3.63) is 47.0 Å². The van der Waals surface area contributed by atoms with Crippen LogP contribution in [0, 0.1) is 0 Å². The van der Waals surface area contributed by atoms with Gasteiger partial charge in [0.15, 0.2) is 11.5 Å². The predicted octanol–water partition coefficient (Wildman–Crippen LogP) is 3.68. The number of hydrogen-bond acceptors (Lipinski definition) is 7. The maximum atomic E-state index is 13.4. The van der Waals surface area contributed by atoms with Gasteiger partial charge in [0.1, 0.15) is 0 Å². The van der Waals surface area contributed by atoms with Crippen molar-refractivity contribution in [1.82, 2.24) is 10.2 Å². The van der Waals surface area contributed by atoms with E-state index in [1.54, 1.807) is 12.1 Å². The molecule has 0 unspecified atom stereocenters. The molecule has 2 heterocycles. The molecule has 0 aromatic heterocycles. The van der Waals surface area contributed by atoms with Gasteiger partial charge in [0.2, 0.25) is 5.75 Å². The number of carbonyl (C=O) groups excluding carboxylic acids is 1. The number of nitrogens with one attached hydrogen (secondary N) is 1. The van der Waals surface area contributed by atoms with Crippen molar-refractivity contribution < 1.29 is 23.7 Å². The number of carbonyl (C=O) groups is 1. The zero-order valence-corrected chi connectivity index (χ0v) is 22.0. The first-order valence-corrected chi connectivity index (χ1v) is 13.1. The van der Waals surface area contributed by atoms with E-state index in [9.17, 15) is 4.79 Å². The van der Waals surface area contributed by atoms with E-state index in [4.69, 9.17) is 18.9 Å². The molecule has 0 bridgehead atoms. The zero-order valence-electron chi connectivity index (χ0n) is 22.0. The lowest BCUT2D eigenvalue weighted by atomic mass is 10.00. The van der Waals surface area contributed by atoms with Crippen LogP contribution < -0.4 is 24.4 Å². The molecular formula is C28H39N3O5. The van der Waals surface area contributed by atoms with Crippen LogP contribution in [-0.2, 0) is 11.2 Å². The largest absolute Gasteiger partial charge is 0.490 e. The topological polar surface area (TPSA) is 72.5 Å². The van der Waals surface area contributed by atoms with E-state index in [0.29, 0.717) is 62.4 Å². The average molecular weight is 498 g/mol. The van der Waals surface area contributed by atoms with Crippen molar-refractivity contribution in [2.24, 2.45) is 0 Å². The van der Waals surface area contributed by atoms with Crippen molar-refractivity contribution >= 4 is 11.6 Å². The van der Waals surface area contributed by atoms with Gasteiger partial charge in [-0.15, -0.1) is 0 Å². The van der Waals surface area contributed by atoms with E-state index in [1.807, 2.05) is 20.8 Å². The molecule has 36 heavy (non-hydrogen) atoms. The summed E-state index contributed by atoms with van der Waals surface area (Å²) in [6, 6.07) is 10.3. The highest BCUT2D eigenvalue weighted by Gasteiger charge is 2.26. The molecule has 8 nitrogen and oxygen atoms in total. The highest BCUT2D eigenvalue weighted by atomic mass is 16.5. The SMILES string of the molecule is CCOc1cc(C(=O)NC[C@@H](c2ccc3c(c2)CCN3C)N2CCOCC2)cc(OCC)c1OCC. The van der Waals surface area contributed by atoms with E-state index in [0.717, 1.165) is 26.1 Å². The molecule has 196 valence electrons. The molecule has 2 aliphatic heterocycles. The number of anilines is 1. The van der Waals surface area contributed by atoms with E-state index in [2.05, 4.69) is 40.4 Å². The number of benzene rings is 2. The van der Waals surface area contributed by atoms with Crippen molar-refractivity contribution in [2.75, 3.05) is 71.2 Å². The number of fused-ring (bicyclic) bond motifs is 1. The molecule has 1 fully saturated rings. The lowest BCUT2D eigenvalue weighted by Crippen LogP contribution is -2.43. The van der Waals surface area contributed by atoms with Crippen LogP contribution in [0.4, 0.5) is 5.69 Å². The van der Waals surface area contributed by atoms with Gasteiger partial charge in [0.05, 0.1) is 39.1 Å². The fourth-order valence-corrected chi connectivity index (χ4v) is 4.95. The van der Waals surface area contributed by atoms with Crippen molar-refractivity contribution in [2.45, 2.75) is 33.2 Å². The Bertz CT molecular complexity index is 1010. The number of morpholine rings is 1. The Morgan fingerprint density at radius 1 is 0.972 bits per heavy atom. The molecule has 0 radical (unpaired) electrons. The fourth-order valence-electron chi connectivity index (χ4n) is 4.95. The van der Waals surface area contributed by atoms with Crippen molar-refractivity contribution in [3.8, 4) is 17.2 Å². The minimum Gasteiger partial charge on any atom is -0.490 e. The zero-order chi connectivity index (χ0) is 25.5. The fraction of sp³-hybridized carbons (Fsp3) is 0.536. The minimum atomic E-state index is -0.167. The van der Waals surface area contributed by atoms with E-state index >= 15 is 0 Å². The van der Waals surface area contributed by atoms with Gasteiger partial charge in [-0.05, 0) is 56.5 Å². The molecule has 8 heteroatoms. The molecule has 0 saturated carbocycles. The van der Waals surface area contributed by atoms with Gasteiger partial charge in [0.25, 0.3) is 5.91 Å². The Hall–Kier alpha value is -2.97. The van der Waals surface area contributed by atoms with Crippen molar-refractivity contribution in [3.63, 3.8) is 0 Å². The third kappa shape index (κ3) is 5.87. The number of nitrogens with zero attached hydrogens (tertiary/aromatic N) is 2. The van der Waals surface area contributed by atoms with Crippen LogP contribution in [0.15, 0.2) is 30.3 Å². The summed E-state index contributed by atoms with van der Waals surface area (Å²) in [5, 5.41) is 3.18. The highest BCUT2D eigenvalue weighted by Crippen LogP contribution is 2.39. The summed E-state index contributed by atoms with van der Waals surface area (Å²) >= 11 is 0. The third-order valence-corrected chi connectivity index (χ3v) is 6.73. The number of hydrogen-bond donors (Lipinski definition) is 1. The van der Waals surface area contributed by atoms with Crippen LogP contribution in [0.3, 0.4) is 0 Å². The predicted molar refractivity (Wildman–Crippen MR) is 141 cm³/mol. The van der Waals surface area contributed by atoms with E-state index < -0.39 is 0 Å². The summed E-state index contributed by atoms with van der Waals surface area (Å²) in [5.41, 5.74) is 4.38. The minimum absolute atomic E-state index is 0.0643. The molecule has 1 amide bonds. The second-order valence-corrected chi connectivity index (χ2v) is 9.03. The Balaban J connectivity index is 1.57. The van der Waals surface area contributed by atoms with Crippen LogP contribution >= 0.6 is 0 Å². The first kappa shape index (κ1) is 26.1. The lowest BCUT2D eigenvalue weighted by molar-refractivity contribution is 0.0162. The Labute approximate surface area is 214 Å². The number of likely N-dealkylation sites (N-methyl/N-ethyl adjacent to an activating group) is 1. The second-order valence-electron chi connectivity index (χ2n) is 9.03. The van der Waals surface area contributed by atoms with Crippen molar-refractivity contribution in [1.29, 1.82) is 0 Å². The van der Waals surface area contributed by atoms with Gasteiger partial charge in [-0.1, -0.05) is 12.1 Å². The first-order chi connectivity index (χ1) is 17.5. The van der Waals surface area contributed by atoms with E-state index in [-0.39, 0.29) is 11.9 Å². The summed E-state index contributed by atoms with van der Waals surface area (Å²) in [5.74, 6) is 1.40. The molecule has 4 rings (SSSR count). The summed E-state index contributed by atoms with van der Waals surface area (Å²) in [7, 11) is 2.13. The number of rotatable bonds is 11. The summed E-state index contributed by atoms with van der Waals surface area (Å²) in [6.45, 7) is 11.7. The number of ether oxygens (including phenoxy) is 4. The molecule has 2 aromatic carbocycles. The maximum Gasteiger partial charge on any atom is 0.251 e. The molecule has 0 aliphatic carbocycles. The van der Waals surface area contributed by atoms with Crippen LogP contribution in [0.2, 0.25) is 0 Å². The summed E-state index contributed by atoms with van der Waals surface area (Å²) in [6.07, 6.45) is 1.05. The molecule has 1 atom stereocenters. The van der Waals surface area contributed by atoms with E-state index in [1.165, 1.54) is 16.8 Å². The van der Waals surface area contributed by atoms with Gasteiger partial charge in [-0.3, -0.25) is 9.69 Å². The Kier molecular flexibility index (Phi) is 8.93. The normalized spacial score (nSPS) is 16.4. The van der Waals surface area contributed by atoms with Gasteiger partial charge in [-0.25, -0.2) is 0 Å². The maximum absolute atomic E-state index is 13.4. The first-order valence-electron chi connectivity index (χ1n) is 13.1. The molecule has 1 saturated heterocycles. The molecular weight excluding hydrogens is 458 g/mol. The third-order valence-electron chi connectivity index (χ3n) is 6.73. The Morgan fingerprint density at radius 3 is 2.28 bits per heavy atom. The Morgan fingerprint density at radius 2 is 1.64 bits per heavy atom. The molecule has 2 aliphatic rings. The number of amides is 1. The van der Waals surface area contributed by atoms with Crippen LogP contribution in [0.25, 0.3) is 0 Å². The molecule has 0 spiro atoms. The van der Waals surface area contributed by atoms with Crippen LogP contribution in [-0.4, -0.2) is 77.1 Å². The summed E-state index contributed by atoms with van der Waals surface area (Å²) in [4.78, 5) is 18.1. The lowest BCUT2D eigenvalue weighted by Gasteiger charge is -2.35. The van der Waals surface area contributed by atoms with Gasteiger partial charge < -0.3 is 29.2 Å². The standard InChI is InChI=1S/C28H39N3O5/c1-5-34-25-17-22(18-26(35-6-2)27(25)36-7-3)28(32)29-19-24(31-12-14-33-15-13-31)20-8-9-23-21(16-20)10-11-30(23)4/h8-9,16-18,24H,5-7,10-15,19H2,1-4H3,(H,29,32)/t24-/m0/s1. The monoisotopic (exact) mass is 497 g/mol. The smallest absolute Gasteiger partial charge is 0.251 e.